The van der Waals surface area contributed by atoms with E-state index in [0.717, 1.165) is 32.1 Å². The van der Waals surface area contributed by atoms with Gasteiger partial charge in [0, 0.05) is 5.69 Å². The minimum Gasteiger partial charge on any atom is -0.497 e. The minimum absolute atomic E-state index is 0.103. The van der Waals surface area contributed by atoms with Crippen molar-refractivity contribution in [1.82, 2.24) is 0 Å². The van der Waals surface area contributed by atoms with E-state index in [0.29, 0.717) is 11.4 Å². The van der Waals surface area contributed by atoms with Gasteiger partial charge in [0.1, 0.15) is 11.8 Å². The Kier molecular flexibility index (Phi) is 3.59. The number of ether oxygens (including phenoxy) is 1. The molecule has 1 atom stereocenters. The number of hydrogen-bond acceptors (Lipinski definition) is 2. The molecule has 1 aromatic carbocycles. The van der Waals surface area contributed by atoms with E-state index in [4.69, 9.17) is 4.74 Å². The van der Waals surface area contributed by atoms with Gasteiger partial charge >= 0.3 is 5.92 Å². The van der Waals surface area contributed by atoms with Crippen LogP contribution in [0.25, 0.3) is 0 Å². The first-order valence-electron chi connectivity index (χ1n) is 7.41. The number of rotatable bonds is 3. The zero-order chi connectivity index (χ0) is 15.0. The van der Waals surface area contributed by atoms with Gasteiger partial charge in [-0.1, -0.05) is 19.3 Å². The number of nitrogens with zero attached hydrogens (tertiary/aromatic N) is 1. The van der Waals surface area contributed by atoms with Gasteiger partial charge in [0.25, 0.3) is 5.91 Å². The van der Waals surface area contributed by atoms with Crippen LogP contribution in [-0.4, -0.2) is 25.0 Å². The smallest absolute Gasteiger partial charge is 0.345 e. The summed E-state index contributed by atoms with van der Waals surface area (Å²) < 4.78 is 33.2. The Hall–Kier alpha value is -1.65. The van der Waals surface area contributed by atoms with Crippen LogP contribution in [-0.2, 0) is 4.79 Å². The molecule has 5 heteroatoms. The van der Waals surface area contributed by atoms with E-state index >= 15 is 0 Å². The molecule has 0 aromatic heterocycles. The molecular weight excluding hydrogens is 276 g/mol. The van der Waals surface area contributed by atoms with E-state index in [1.807, 2.05) is 0 Å². The van der Waals surface area contributed by atoms with Crippen LogP contribution in [0.4, 0.5) is 14.5 Å². The lowest BCUT2D eigenvalue weighted by Gasteiger charge is -2.50. The molecule has 0 unspecified atom stereocenters. The molecule has 114 valence electrons. The van der Waals surface area contributed by atoms with Crippen molar-refractivity contribution in [3.05, 3.63) is 24.3 Å². The summed E-state index contributed by atoms with van der Waals surface area (Å²) in [6.45, 7) is 0. The van der Waals surface area contributed by atoms with Gasteiger partial charge in [-0.3, -0.25) is 9.69 Å². The van der Waals surface area contributed by atoms with Crippen molar-refractivity contribution >= 4 is 11.6 Å². The van der Waals surface area contributed by atoms with Crippen molar-refractivity contribution < 1.29 is 18.3 Å². The molecule has 1 aliphatic carbocycles. The number of carbonyl (C=O) groups excluding carboxylic acids is 1. The lowest BCUT2D eigenvalue weighted by atomic mass is 9.76. The highest BCUT2D eigenvalue weighted by molar-refractivity contribution is 6.07. The molecule has 0 spiro atoms. The monoisotopic (exact) mass is 295 g/mol. The summed E-state index contributed by atoms with van der Waals surface area (Å²) in [5, 5.41) is 0. The number of amides is 1. The number of benzene rings is 1. The molecule has 1 saturated carbocycles. The number of carbonyl (C=O) groups is 1. The second-order valence-electron chi connectivity index (χ2n) is 5.84. The van der Waals surface area contributed by atoms with E-state index < -0.39 is 17.9 Å². The standard InChI is InChI=1S/C16H19F2NO2/c1-21-13-9-7-12(8-10-13)19-14(16(17,18)15(19)20)11-5-3-2-4-6-11/h7-11,14H,2-6H2,1H3/t14-/m0/s1. The molecule has 1 heterocycles. The van der Waals surface area contributed by atoms with Gasteiger partial charge in [0.05, 0.1) is 7.11 Å². The first-order valence-corrected chi connectivity index (χ1v) is 7.41. The molecule has 0 bridgehead atoms. The van der Waals surface area contributed by atoms with Gasteiger partial charge in [0.15, 0.2) is 0 Å². The Morgan fingerprint density at radius 2 is 1.76 bits per heavy atom. The normalized spacial score (nSPS) is 25.6. The summed E-state index contributed by atoms with van der Waals surface area (Å²) in [7, 11) is 1.54. The van der Waals surface area contributed by atoms with Crippen LogP contribution in [0.1, 0.15) is 32.1 Å². The maximum absolute atomic E-state index is 14.0. The van der Waals surface area contributed by atoms with Crippen molar-refractivity contribution in [3.8, 4) is 5.75 Å². The predicted octanol–water partition coefficient (Wildman–Crippen LogP) is 3.63. The molecule has 1 amide bonds. The van der Waals surface area contributed by atoms with Crippen LogP contribution < -0.4 is 9.64 Å². The quantitative estimate of drug-likeness (QED) is 0.797. The lowest BCUT2D eigenvalue weighted by Crippen LogP contribution is -2.72. The number of hydrogen-bond donors (Lipinski definition) is 0. The summed E-state index contributed by atoms with van der Waals surface area (Å²) in [4.78, 5) is 13.1. The Balaban J connectivity index is 1.86. The molecule has 21 heavy (non-hydrogen) atoms. The molecule has 2 aliphatic rings. The number of halogens is 2. The average molecular weight is 295 g/mol. The third-order valence-corrected chi connectivity index (χ3v) is 4.60. The van der Waals surface area contributed by atoms with Crippen molar-refractivity contribution in [2.45, 2.75) is 44.1 Å². The van der Waals surface area contributed by atoms with Crippen LogP contribution >= 0.6 is 0 Å². The van der Waals surface area contributed by atoms with Gasteiger partial charge < -0.3 is 4.74 Å². The molecule has 3 nitrogen and oxygen atoms in total. The largest absolute Gasteiger partial charge is 0.497 e. The molecule has 3 rings (SSSR count). The number of anilines is 1. The Labute approximate surface area is 122 Å². The highest BCUT2D eigenvalue weighted by Crippen LogP contribution is 2.47. The van der Waals surface area contributed by atoms with Gasteiger partial charge in [-0.05, 0) is 43.0 Å². The third-order valence-electron chi connectivity index (χ3n) is 4.60. The Bertz CT molecular complexity index is 524. The summed E-state index contributed by atoms with van der Waals surface area (Å²) in [6.07, 6.45) is 4.61. The highest BCUT2D eigenvalue weighted by Gasteiger charge is 2.66. The van der Waals surface area contributed by atoms with Gasteiger partial charge in [-0.25, -0.2) is 0 Å². The average Bonchev–Trinajstić information content (AvgIpc) is 2.52. The molecule has 0 radical (unpaired) electrons. The molecule has 1 saturated heterocycles. The first kappa shape index (κ1) is 14.3. The zero-order valence-corrected chi connectivity index (χ0v) is 12.0. The second kappa shape index (κ2) is 5.28. The fraction of sp³-hybridized carbons (Fsp3) is 0.562. The van der Waals surface area contributed by atoms with Crippen LogP contribution in [0.3, 0.4) is 0 Å². The van der Waals surface area contributed by atoms with Gasteiger partial charge in [-0.2, -0.15) is 8.78 Å². The van der Waals surface area contributed by atoms with Crippen LogP contribution in [0.5, 0.6) is 5.75 Å². The highest BCUT2D eigenvalue weighted by atomic mass is 19.3. The predicted molar refractivity (Wildman–Crippen MR) is 75.8 cm³/mol. The Morgan fingerprint density at radius 3 is 2.33 bits per heavy atom. The number of alkyl halides is 2. The number of β-lactam (4-membered cyclic amide) rings is 1. The van der Waals surface area contributed by atoms with Gasteiger partial charge in [0.2, 0.25) is 0 Å². The van der Waals surface area contributed by atoms with Crippen molar-refractivity contribution in [2.24, 2.45) is 5.92 Å². The zero-order valence-electron chi connectivity index (χ0n) is 12.0. The molecule has 2 fully saturated rings. The topological polar surface area (TPSA) is 29.5 Å². The van der Waals surface area contributed by atoms with Gasteiger partial charge in [-0.15, -0.1) is 0 Å². The van der Waals surface area contributed by atoms with E-state index in [1.165, 1.54) is 4.90 Å². The fourth-order valence-corrected chi connectivity index (χ4v) is 3.49. The molecule has 1 aliphatic heterocycles. The fourth-order valence-electron chi connectivity index (χ4n) is 3.49. The molecule has 1 aromatic rings. The summed E-state index contributed by atoms with van der Waals surface area (Å²) in [5.41, 5.74) is 0.530. The lowest BCUT2D eigenvalue weighted by molar-refractivity contribution is -0.167. The summed E-state index contributed by atoms with van der Waals surface area (Å²) in [5.74, 6) is -3.76. The van der Waals surface area contributed by atoms with Crippen LogP contribution in [0.2, 0.25) is 0 Å². The van der Waals surface area contributed by atoms with Crippen molar-refractivity contribution in [1.29, 1.82) is 0 Å². The van der Waals surface area contributed by atoms with E-state index in [2.05, 4.69) is 0 Å². The molecular formula is C16H19F2NO2. The van der Waals surface area contributed by atoms with E-state index in [9.17, 15) is 13.6 Å². The van der Waals surface area contributed by atoms with E-state index in [-0.39, 0.29) is 5.92 Å². The Morgan fingerprint density at radius 1 is 1.14 bits per heavy atom. The SMILES string of the molecule is COc1ccc(N2C(=O)C(F)(F)[C@@H]2C2CCCCC2)cc1. The minimum atomic E-state index is -3.22. The third kappa shape index (κ3) is 2.28. The maximum Gasteiger partial charge on any atom is 0.345 e. The second-order valence-corrected chi connectivity index (χ2v) is 5.84. The first-order chi connectivity index (χ1) is 10.1. The summed E-state index contributed by atoms with van der Waals surface area (Å²) >= 11 is 0. The van der Waals surface area contributed by atoms with Crippen LogP contribution in [0, 0.1) is 5.92 Å². The summed E-state index contributed by atoms with van der Waals surface area (Å²) in [6, 6.07) is 5.73. The van der Waals surface area contributed by atoms with Crippen molar-refractivity contribution in [2.75, 3.05) is 12.0 Å². The van der Waals surface area contributed by atoms with Crippen molar-refractivity contribution in [3.63, 3.8) is 0 Å². The van der Waals surface area contributed by atoms with Crippen LogP contribution in [0.15, 0.2) is 24.3 Å². The number of methoxy groups -OCH3 is 1. The molecule has 0 N–H and O–H groups in total. The maximum atomic E-state index is 14.0. The van der Waals surface area contributed by atoms with E-state index in [1.54, 1.807) is 31.4 Å².